The van der Waals surface area contributed by atoms with Crippen LogP contribution in [0.25, 0.3) is 44.5 Å². The van der Waals surface area contributed by atoms with Crippen LogP contribution in [0, 0.1) is 0 Å². The number of nitrogens with one attached hydrogen (secondary N) is 1. The van der Waals surface area contributed by atoms with Crippen LogP contribution >= 0.6 is 0 Å². The Morgan fingerprint density at radius 2 is 1.69 bits per heavy atom. The van der Waals surface area contributed by atoms with E-state index in [0.717, 1.165) is 38.8 Å². The van der Waals surface area contributed by atoms with Crippen molar-refractivity contribution < 1.29 is 0 Å². The number of hydrogen-bond acceptors (Lipinski definition) is 5. The summed E-state index contributed by atoms with van der Waals surface area (Å²) in [7, 11) is 0. The summed E-state index contributed by atoms with van der Waals surface area (Å²) in [6.45, 7) is 0. The zero-order valence-corrected chi connectivity index (χ0v) is 13.7. The van der Waals surface area contributed by atoms with Crippen molar-refractivity contribution in [3.05, 3.63) is 67.0 Å². The van der Waals surface area contributed by atoms with Gasteiger partial charge in [-0.25, -0.2) is 15.0 Å². The quantitative estimate of drug-likeness (QED) is 0.510. The maximum absolute atomic E-state index is 6.02. The van der Waals surface area contributed by atoms with Crippen LogP contribution in [0.2, 0.25) is 0 Å². The molecule has 26 heavy (non-hydrogen) atoms. The third-order valence-corrected chi connectivity index (χ3v) is 4.43. The number of pyridine rings is 1. The SMILES string of the molecule is Nc1ncnc2n[nH]c(-c3ccc4ccc(-c5ccccc5)nc4c3)c12. The Morgan fingerprint density at radius 3 is 2.58 bits per heavy atom. The second kappa shape index (κ2) is 5.63. The number of H-pyrrole nitrogens is 1. The van der Waals surface area contributed by atoms with Crippen LogP contribution in [0.3, 0.4) is 0 Å². The van der Waals surface area contributed by atoms with Crippen molar-refractivity contribution in [2.24, 2.45) is 0 Å². The number of nitrogens with two attached hydrogens (primary N) is 1. The van der Waals surface area contributed by atoms with E-state index in [1.54, 1.807) is 0 Å². The summed E-state index contributed by atoms with van der Waals surface area (Å²) >= 11 is 0. The topological polar surface area (TPSA) is 93.4 Å². The molecule has 6 nitrogen and oxygen atoms in total. The third kappa shape index (κ3) is 2.28. The number of aromatic amines is 1. The lowest BCUT2D eigenvalue weighted by atomic mass is 10.1. The molecule has 3 N–H and O–H groups in total. The van der Waals surface area contributed by atoms with Gasteiger partial charge in [0, 0.05) is 16.5 Å². The molecule has 0 unspecified atom stereocenters. The second-order valence-corrected chi connectivity index (χ2v) is 6.03. The lowest BCUT2D eigenvalue weighted by Gasteiger charge is -2.06. The van der Waals surface area contributed by atoms with Crippen LogP contribution in [0.5, 0.6) is 0 Å². The fourth-order valence-corrected chi connectivity index (χ4v) is 3.13. The molecule has 0 bridgehead atoms. The predicted molar refractivity (Wildman–Crippen MR) is 102 cm³/mol. The summed E-state index contributed by atoms with van der Waals surface area (Å²) in [5.74, 6) is 0.407. The van der Waals surface area contributed by atoms with Gasteiger partial charge in [0.2, 0.25) is 0 Å². The number of nitrogen functional groups attached to an aromatic ring is 1. The van der Waals surface area contributed by atoms with E-state index in [1.807, 2.05) is 42.5 Å². The predicted octanol–water partition coefficient (Wildman–Crippen LogP) is 3.82. The Hall–Kier alpha value is -3.80. The number of fused-ring (bicyclic) bond motifs is 2. The van der Waals surface area contributed by atoms with Crippen molar-refractivity contribution in [3.63, 3.8) is 0 Å². The normalized spacial score (nSPS) is 11.2. The summed E-state index contributed by atoms with van der Waals surface area (Å²) in [6, 6.07) is 20.3. The molecule has 0 saturated carbocycles. The number of rotatable bonds is 2. The van der Waals surface area contributed by atoms with E-state index in [9.17, 15) is 0 Å². The molecule has 5 rings (SSSR count). The van der Waals surface area contributed by atoms with Gasteiger partial charge in [0.25, 0.3) is 0 Å². The van der Waals surface area contributed by atoms with Gasteiger partial charge < -0.3 is 5.73 Å². The Labute approximate surface area is 148 Å². The molecule has 0 amide bonds. The number of nitrogens with zero attached hydrogens (tertiary/aromatic N) is 4. The first-order valence-electron chi connectivity index (χ1n) is 8.21. The Morgan fingerprint density at radius 1 is 0.846 bits per heavy atom. The number of aromatic nitrogens is 5. The fourth-order valence-electron chi connectivity index (χ4n) is 3.13. The molecular weight excluding hydrogens is 324 g/mol. The van der Waals surface area contributed by atoms with Crippen LogP contribution in [0.4, 0.5) is 5.82 Å². The first-order chi connectivity index (χ1) is 12.8. The highest BCUT2D eigenvalue weighted by Gasteiger charge is 2.13. The molecule has 0 atom stereocenters. The molecule has 3 heterocycles. The van der Waals surface area contributed by atoms with Gasteiger partial charge >= 0.3 is 0 Å². The molecule has 0 fully saturated rings. The molecule has 0 spiro atoms. The Bertz CT molecular complexity index is 1240. The molecule has 2 aromatic carbocycles. The summed E-state index contributed by atoms with van der Waals surface area (Å²) in [4.78, 5) is 13.0. The van der Waals surface area contributed by atoms with Gasteiger partial charge in [-0.2, -0.15) is 5.10 Å². The summed E-state index contributed by atoms with van der Waals surface area (Å²) < 4.78 is 0. The van der Waals surface area contributed by atoms with Crippen molar-refractivity contribution in [1.82, 2.24) is 25.1 Å². The van der Waals surface area contributed by atoms with E-state index in [4.69, 9.17) is 10.7 Å². The molecule has 3 aromatic heterocycles. The first-order valence-corrected chi connectivity index (χ1v) is 8.21. The lowest BCUT2D eigenvalue weighted by molar-refractivity contribution is 1.09. The smallest absolute Gasteiger partial charge is 0.186 e. The van der Waals surface area contributed by atoms with Crippen LogP contribution in [0.15, 0.2) is 67.0 Å². The standard InChI is InChI=1S/C20H14N6/c21-19-17-18(25-26-20(17)23-11-22-19)14-7-6-13-8-9-15(24-16(13)10-14)12-4-2-1-3-5-12/h1-11H,(H3,21,22,23,25,26). The van der Waals surface area contributed by atoms with Gasteiger partial charge in [-0.15, -0.1) is 0 Å². The minimum absolute atomic E-state index is 0.407. The van der Waals surface area contributed by atoms with Gasteiger partial charge in [0.1, 0.15) is 12.1 Å². The van der Waals surface area contributed by atoms with Crippen LogP contribution in [-0.2, 0) is 0 Å². The van der Waals surface area contributed by atoms with Gasteiger partial charge in [-0.1, -0.05) is 48.5 Å². The summed E-state index contributed by atoms with van der Waals surface area (Å²) in [5, 5.41) is 9.04. The van der Waals surface area contributed by atoms with Crippen molar-refractivity contribution in [3.8, 4) is 22.5 Å². The molecule has 0 radical (unpaired) electrons. The van der Waals surface area contributed by atoms with Gasteiger partial charge in [0.15, 0.2) is 5.65 Å². The van der Waals surface area contributed by atoms with Crippen molar-refractivity contribution >= 4 is 27.8 Å². The molecule has 0 aliphatic heterocycles. The zero-order valence-electron chi connectivity index (χ0n) is 13.7. The average Bonchev–Trinajstić information content (AvgIpc) is 3.13. The molecule has 124 valence electrons. The highest BCUT2D eigenvalue weighted by Crippen LogP contribution is 2.30. The third-order valence-electron chi connectivity index (χ3n) is 4.43. The maximum atomic E-state index is 6.02. The van der Waals surface area contributed by atoms with Crippen LogP contribution in [-0.4, -0.2) is 25.1 Å². The minimum Gasteiger partial charge on any atom is -0.383 e. The second-order valence-electron chi connectivity index (χ2n) is 6.03. The number of anilines is 1. The van der Waals surface area contributed by atoms with Gasteiger partial charge in [-0.05, 0) is 12.1 Å². The molecular formula is C20H14N6. The van der Waals surface area contributed by atoms with Crippen LogP contribution < -0.4 is 5.73 Å². The van der Waals surface area contributed by atoms with Gasteiger partial charge in [0.05, 0.1) is 22.3 Å². The van der Waals surface area contributed by atoms with E-state index in [0.29, 0.717) is 11.5 Å². The Kier molecular flexibility index (Phi) is 3.15. The first kappa shape index (κ1) is 14.5. The van der Waals surface area contributed by atoms with Crippen molar-refractivity contribution in [2.75, 3.05) is 5.73 Å². The molecule has 5 aromatic rings. The van der Waals surface area contributed by atoms with E-state index < -0.39 is 0 Å². The average molecular weight is 338 g/mol. The largest absolute Gasteiger partial charge is 0.383 e. The highest BCUT2D eigenvalue weighted by molar-refractivity contribution is 5.99. The summed E-state index contributed by atoms with van der Waals surface area (Å²) in [5.41, 5.74) is 11.3. The molecule has 0 aliphatic carbocycles. The molecule has 0 saturated heterocycles. The molecule has 6 heteroatoms. The van der Waals surface area contributed by atoms with Crippen molar-refractivity contribution in [1.29, 1.82) is 0 Å². The van der Waals surface area contributed by atoms with E-state index in [-0.39, 0.29) is 0 Å². The number of benzene rings is 2. The van der Waals surface area contributed by atoms with E-state index >= 15 is 0 Å². The van der Waals surface area contributed by atoms with Gasteiger partial charge in [-0.3, -0.25) is 5.10 Å². The Balaban J connectivity index is 1.69. The van der Waals surface area contributed by atoms with E-state index in [1.165, 1.54) is 6.33 Å². The lowest BCUT2D eigenvalue weighted by Crippen LogP contribution is -1.92. The minimum atomic E-state index is 0.407. The highest BCUT2D eigenvalue weighted by atomic mass is 15.2. The van der Waals surface area contributed by atoms with Crippen LogP contribution in [0.1, 0.15) is 0 Å². The maximum Gasteiger partial charge on any atom is 0.186 e. The summed E-state index contributed by atoms with van der Waals surface area (Å²) in [6.07, 6.45) is 1.41. The van der Waals surface area contributed by atoms with E-state index in [2.05, 4.69) is 38.4 Å². The van der Waals surface area contributed by atoms with Crippen molar-refractivity contribution in [2.45, 2.75) is 0 Å². The number of hydrogen-bond donors (Lipinski definition) is 2. The molecule has 0 aliphatic rings. The zero-order chi connectivity index (χ0) is 17.5. The fraction of sp³-hybridized carbons (Fsp3) is 0. The monoisotopic (exact) mass is 338 g/mol.